The largest absolute Gasteiger partial charge is 0.334 e. The zero-order valence-electron chi connectivity index (χ0n) is 13.2. The van der Waals surface area contributed by atoms with Crippen molar-refractivity contribution >= 4 is 5.91 Å². The topological polar surface area (TPSA) is 61.0 Å². The minimum absolute atomic E-state index is 0.161. The quantitative estimate of drug-likeness (QED) is 0.896. The molecule has 22 heavy (non-hydrogen) atoms. The average Bonchev–Trinajstić information content (AvgIpc) is 3.31. The van der Waals surface area contributed by atoms with E-state index in [2.05, 4.69) is 20.4 Å². The second kappa shape index (κ2) is 6.03. The molecule has 1 aromatic heterocycles. The van der Waals surface area contributed by atoms with E-state index in [9.17, 15) is 4.79 Å². The molecule has 5 heteroatoms. The molecule has 0 unspecified atom stereocenters. The van der Waals surface area contributed by atoms with Crippen LogP contribution in [0.25, 0.3) is 0 Å². The van der Waals surface area contributed by atoms with Crippen LogP contribution < -0.4 is 5.32 Å². The summed E-state index contributed by atoms with van der Waals surface area (Å²) < 4.78 is 0. The van der Waals surface area contributed by atoms with E-state index in [-0.39, 0.29) is 5.91 Å². The number of carbonyl (C=O) groups excluding carboxylic acids is 1. The number of aromatic nitrogens is 2. The highest BCUT2D eigenvalue weighted by Crippen LogP contribution is 2.33. The maximum atomic E-state index is 13.0. The van der Waals surface area contributed by atoms with Crippen LogP contribution in [0.5, 0.6) is 0 Å². The van der Waals surface area contributed by atoms with Gasteiger partial charge >= 0.3 is 0 Å². The first-order valence-electron chi connectivity index (χ1n) is 8.90. The number of nitrogens with zero attached hydrogens (tertiary/aromatic N) is 2. The summed E-state index contributed by atoms with van der Waals surface area (Å²) in [4.78, 5) is 15.2. The van der Waals surface area contributed by atoms with Crippen LogP contribution in [0.4, 0.5) is 0 Å². The van der Waals surface area contributed by atoms with E-state index in [1.54, 1.807) is 0 Å². The Bertz CT molecular complexity index is 543. The number of H-pyrrole nitrogens is 1. The van der Waals surface area contributed by atoms with E-state index in [0.29, 0.717) is 17.7 Å². The predicted molar refractivity (Wildman–Crippen MR) is 84.6 cm³/mol. The van der Waals surface area contributed by atoms with Crippen molar-refractivity contribution in [2.24, 2.45) is 5.92 Å². The smallest absolute Gasteiger partial charge is 0.274 e. The van der Waals surface area contributed by atoms with E-state index < -0.39 is 0 Å². The highest BCUT2D eigenvalue weighted by molar-refractivity contribution is 5.94. The fraction of sp³-hybridized carbons (Fsp3) is 0.765. The summed E-state index contributed by atoms with van der Waals surface area (Å²) in [5.74, 6) is 0.862. The van der Waals surface area contributed by atoms with E-state index in [1.165, 1.54) is 44.9 Å². The number of fused-ring (bicyclic) bond motifs is 1. The number of nitrogens with one attached hydrogen (secondary N) is 2. The van der Waals surface area contributed by atoms with E-state index in [0.717, 1.165) is 37.3 Å². The molecule has 0 bridgehead atoms. The van der Waals surface area contributed by atoms with Gasteiger partial charge in [-0.3, -0.25) is 9.89 Å². The minimum atomic E-state index is 0.161. The van der Waals surface area contributed by atoms with Crippen LogP contribution in [0.15, 0.2) is 0 Å². The van der Waals surface area contributed by atoms with Crippen LogP contribution in [-0.2, 0) is 13.0 Å². The standard InChI is InChI=1S/C17H26N4O/c22-17(16-14-10-18-9-8-15(14)19-20-16)21(13-6-7-13)11-12-4-2-1-3-5-12/h12-13,18H,1-11H2,(H,19,20). The first kappa shape index (κ1) is 14.2. The fourth-order valence-corrected chi connectivity index (χ4v) is 3.97. The van der Waals surface area contributed by atoms with Gasteiger partial charge in [0.05, 0.1) is 0 Å². The Hall–Kier alpha value is -1.36. The molecular weight excluding hydrogens is 276 g/mol. The van der Waals surface area contributed by atoms with Gasteiger partial charge in [0.15, 0.2) is 5.69 Å². The normalized spacial score (nSPS) is 22.4. The Morgan fingerprint density at radius 2 is 2.00 bits per heavy atom. The molecule has 5 nitrogen and oxygen atoms in total. The van der Waals surface area contributed by atoms with Gasteiger partial charge < -0.3 is 10.2 Å². The lowest BCUT2D eigenvalue weighted by molar-refractivity contribution is 0.0691. The molecule has 120 valence electrons. The maximum absolute atomic E-state index is 13.0. The molecule has 2 aliphatic carbocycles. The molecule has 2 heterocycles. The van der Waals surface area contributed by atoms with Gasteiger partial charge in [0, 0.05) is 43.4 Å². The first-order chi connectivity index (χ1) is 10.8. The van der Waals surface area contributed by atoms with Crippen molar-refractivity contribution in [1.82, 2.24) is 20.4 Å². The van der Waals surface area contributed by atoms with Gasteiger partial charge in [0.2, 0.25) is 0 Å². The van der Waals surface area contributed by atoms with Gasteiger partial charge in [-0.15, -0.1) is 0 Å². The minimum Gasteiger partial charge on any atom is -0.334 e. The number of carbonyl (C=O) groups is 1. The number of aromatic amines is 1. The number of amides is 1. The molecule has 4 rings (SSSR count). The third-order valence-corrected chi connectivity index (χ3v) is 5.44. The van der Waals surface area contributed by atoms with Crippen LogP contribution in [0.2, 0.25) is 0 Å². The molecule has 2 fully saturated rings. The summed E-state index contributed by atoms with van der Waals surface area (Å²) in [6.07, 6.45) is 9.90. The lowest BCUT2D eigenvalue weighted by atomic mass is 9.89. The Balaban J connectivity index is 1.52. The lowest BCUT2D eigenvalue weighted by Gasteiger charge is -2.30. The number of hydrogen-bond acceptors (Lipinski definition) is 3. The Morgan fingerprint density at radius 1 is 1.18 bits per heavy atom. The Kier molecular flexibility index (Phi) is 3.90. The molecular formula is C17H26N4O. The van der Waals surface area contributed by atoms with Crippen molar-refractivity contribution in [3.05, 3.63) is 17.0 Å². The number of hydrogen-bond donors (Lipinski definition) is 2. The van der Waals surface area contributed by atoms with Crippen molar-refractivity contribution in [2.75, 3.05) is 13.1 Å². The number of rotatable bonds is 4. The second-order valence-electron chi connectivity index (χ2n) is 7.15. The van der Waals surface area contributed by atoms with Crippen LogP contribution in [0.3, 0.4) is 0 Å². The van der Waals surface area contributed by atoms with Crippen LogP contribution in [-0.4, -0.2) is 40.1 Å². The molecule has 0 aromatic carbocycles. The summed E-state index contributed by atoms with van der Waals surface area (Å²) in [6, 6.07) is 0.471. The molecule has 0 saturated heterocycles. The van der Waals surface area contributed by atoms with Crippen molar-refractivity contribution < 1.29 is 4.79 Å². The predicted octanol–water partition coefficient (Wildman–Crippen LogP) is 2.24. The summed E-state index contributed by atoms with van der Waals surface area (Å²) >= 11 is 0. The average molecular weight is 302 g/mol. The van der Waals surface area contributed by atoms with Crippen LogP contribution in [0, 0.1) is 5.92 Å². The molecule has 0 atom stereocenters. The van der Waals surface area contributed by atoms with E-state index >= 15 is 0 Å². The zero-order chi connectivity index (χ0) is 14.9. The molecule has 2 saturated carbocycles. The van der Waals surface area contributed by atoms with Crippen LogP contribution >= 0.6 is 0 Å². The van der Waals surface area contributed by atoms with Gasteiger partial charge in [-0.2, -0.15) is 5.10 Å². The highest BCUT2D eigenvalue weighted by Gasteiger charge is 2.36. The monoisotopic (exact) mass is 302 g/mol. The third kappa shape index (κ3) is 2.78. The summed E-state index contributed by atoms with van der Waals surface area (Å²) in [5.41, 5.74) is 2.92. The third-order valence-electron chi connectivity index (χ3n) is 5.44. The fourth-order valence-electron chi connectivity index (χ4n) is 3.97. The molecule has 1 amide bonds. The van der Waals surface area contributed by atoms with Gasteiger partial charge in [-0.05, 0) is 31.6 Å². The Labute approximate surface area is 131 Å². The maximum Gasteiger partial charge on any atom is 0.274 e. The van der Waals surface area contributed by atoms with Crippen molar-refractivity contribution in [1.29, 1.82) is 0 Å². The molecule has 0 radical (unpaired) electrons. The summed E-state index contributed by atoms with van der Waals surface area (Å²) in [7, 11) is 0. The van der Waals surface area contributed by atoms with E-state index in [4.69, 9.17) is 0 Å². The first-order valence-corrected chi connectivity index (χ1v) is 8.90. The van der Waals surface area contributed by atoms with E-state index in [1.807, 2.05) is 0 Å². The van der Waals surface area contributed by atoms with Gasteiger partial charge in [-0.1, -0.05) is 19.3 Å². The van der Waals surface area contributed by atoms with Gasteiger partial charge in [0.1, 0.15) is 0 Å². The van der Waals surface area contributed by atoms with Crippen LogP contribution in [0.1, 0.15) is 66.7 Å². The summed E-state index contributed by atoms with van der Waals surface area (Å²) in [5, 5.41) is 10.8. The molecule has 0 spiro atoms. The van der Waals surface area contributed by atoms with Gasteiger partial charge in [0.25, 0.3) is 5.91 Å². The van der Waals surface area contributed by atoms with Crippen molar-refractivity contribution in [3.63, 3.8) is 0 Å². The molecule has 3 aliphatic rings. The SMILES string of the molecule is O=C(c1n[nH]c2c1CNCC2)N(CC1CCCCC1)C1CC1. The lowest BCUT2D eigenvalue weighted by Crippen LogP contribution is -2.39. The molecule has 2 N–H and O–H groups in total. The zero-order valence-corrected chi connectivity index (χ0v) is 13.2. The second-order valence-corrected chi connectivity index (χ2v) is 7.15. The summed E-state index contributed by atoms with van der Waals surface area (Å²) in [6.45, 7) is 2.69. The van der Waals surface area contributed by atoms with Crippen molar-refractivity contribution in [3.8, 4) is 0 Å². The van der Waals surface area contributed by atoms with Crippen molar-refractivity contribution in [2.45, 2.75) is 64.0 Å². The molecule has 1 aliphatic heterocycles. The highest BCUT2D eigenvalue weighted by atomic mass is 16.2. The molecule has 1 aromatic rings. The Morgan fingerprint density at radius 3 is 2.77 bits per heavy atom. The van der Waals surface area contributed by atoms with Gasteiger partial charge in [-0.25, -0.2) is 0 Å².